The van der Waals surface area contributed by atoms with Crippen LogP contribution in [0.2, 0.25) is 0 Å². The van der Waals surface area contributed by atoms with Gasteiger partial charge in [-0.2, -0.15) is 0 Å². The summed E-state index contributed by atoms with van der Waals surface area (Å²) in [6.07, 6.45) is 1.00. The summed E-state index contributed by atoms with van der Waals surface area (Å²) in [5.41, 5.74) is 1.32. The molecular weight excluding hydrogens is 339 g/mol. The number of carbonyl (C=O) groups is 1. The first-order chi connectivity index (χ1) is 10.0. The first-order valence-electron chi connectivity index (χ1n) is 7.10. The number of hydrogen-bond acceptors (Lipinski definition) is 3. The van der Waals surface area contributed by atoms with E-state index in [1.807, 2.05) is 6.92 Å². The number of halogens is 2. The molecule has 1 aromatic carbocycles. The van der Waals surface area contributed by atoms with Crippen molar-refractivity contribution < 1.29 is 13.9 Å². The zero-order chi connectivity index (χ0) is 15.4. The van der Waals surface area contributed by atoms with E-state index in [2.05, 4.69) is 33.5 Å². The highest BCUT2D eigenvalue weighted by atomic mass is 79.9. The van der Waals surface area contributed by atoms with E-state index < -0.39 is 0 Å². The fourth-order valence-electron chi connectivity index (χ4n) is 2.35. The standard InChI is InChI=1S/C15H20BrFN2O2/c1-3-4-18-14-8-21-7-10(14)15(20)19-13-6-12(17)11(16)5-9(13)2/h5-6,10,14,18H,3-4,7-8H2,1-2H3,(H,19,20). The molecule has 0 bridgehead atoms. The molecule has 4 nitrogen and oxygen atoms in total. The molecule has 1 aromatic rings. The highest BCUT2D eigenvalue weighted by Gasteiger charge is 2.33. The van der Waals surface area contributed by atoms with E-state index in [1.165, 1.54) is 6.07 Å². The predicted molar refractivity (Wildman–Crippen MR) is 83.9 cm³/mol. The van der Waals surface area contributed by atoms with Crippen molar-refractivity contribution >= 4 is 27.5 Å². The molecule has 2 unspecified atom stereocenters. The van der Waals surface area contributed by atoms with E-state index in [-0.39, 0.29) is 23.7 Å². The minimum Gasteiger partial charge on any atom is -0.379 e. The van der Waals surface area contributed by atoms with Gasteiger partial charge in [-0.1, -0.05) is 6.92 Å². The molecule has 21 heavy (non-hydrogen) atoms. The van der Waals surface area contributed by atoms with Crippen LogP contribution in [0.3, 0.4) is 0 Å². The summed E-state index contributed by atoms with van der Waals surface area (Å²) in [5.74, 6) is -0.771. The van der Waals surface area contributed by atoms with Crippen molar-refractivity contribution in [3.63, 3.8) is 0 Å². The fourth-order valence-corrected chi connectivity index (χ4v) is 2.81. The van der Waals surface area contributed by atoms with E-state index in [0.717, 1.165) is 18.5 Å². The quantitative estimate of drug-likeness (QED) is 0.850. The summed E-state index contributed by atoms with van der Waals surface area (Å²) in [6, 6.07) is 3.01. The summed E-state index contributed by atoms with van der Waals surface area (Å²) >= 11 is 3.13. The minimum atomic E-state index is -0.390. The third-order valence-corrected chi connectivity index (χ3v) is 4.21. The number of anilines is 1. The third-order valence-electron chi connectivity index (χ3n) is 3.60. The molecule has 116 valence electrons. The molecule has 0 aliphatic carbocycles. The third kappa shape index (κ3) is 4.02. The number of ether oxygens (including phenoxy) is 1. The molecule has 0 spiro atoms. The summed E-state index contributed by atoms with van der Waals surface area (Å²) in [4.78, 5) is 12.4. The Morgan fingerprint density at radius 3 is 2.95 bits per heavy atom. The highest BCUT2D eigenvalue weighted by molar-refractivity contribution is 9.10. The lowest BCUT2D eigenvalue weighted by molar-refractivity contribution is -0.120. The normalized spacial score (nSPS) is 21.5. The van der Waals surface area contributed by atoms with Gasteiger partial charge >= 0.3 is 0 Å². The average Bonchev–Trinajstić information content (AvgIpc) is 2.91. The van der Waals surface area contributed by atoms with Gasteiger partial charge in [0.05, 0.1) is 23.6 Å². The zero-order valence-corrected chi connectivity index (χ0v) is 13.8. The number of amides is 1. The van der Waals surface area contributed by atoms with Crippen molar-refractivity contribution in [1.29, 1.82) is 0 Å². The van der Waals surface area contributed by atoms with Gasteiger partial charge in [-0.25, -0.2) is 4.39 Å². The largest absolute Gasteiger partial charge is 0.379 e. The Morgan fingerprint density at radius 2 is 2.24 bits per heavy atom. The maximum absolute atomic E-state index is 13.6. The van der Waals surface area contributed by atoms with Gasteiger partial charge in [0.25, 0.3) is 0 Å². The molecule has 6 heteroatoms. The number of aryl methyl sites for hydroxylation is 1. The van der Waals surface area contributed by atoms with E-state index >= 15 is 0 Å². The topological polar surface area (TPSA) is 50.4 Å². The monoisotopic (exact) mass is 358 g/mol. The molecule has 0 saturated carbocycles. The molecule has 1 fully saturated rings. The second-order valence-corrected chi connectivity index (χ2v) is 6.13. The lowest BCUT2D eigenvalue weighted by Crippen LogP contribution is -2.41. The molecular formula is C15H20BrFN2O2. The fraction of sp³-hybridized carbons (Fsp3) is 0.533. The Bertz CT molecular complexity index is 525. The molecule has 2 atom stereocenters. The van der Waals surface area contributed by atoms with Gasteiger partial charge in [-0.3, -0.25) is 4.79 Å². The van der Waals surface area contributed by atoms with Gasteiger partial charge in [-0.05, 0) is 53.5 Å². The molecule has 1 saturated heterocycles. The molecule has 1 amide bonds. The molecule has 2 N–H and O–H groups in total. The first kappa shape index (κ1) is 16.4. The number of rotatable bonds is 5. The number of nitrogens with one attached hydrogen (secondary N) is 2. The van der Waals surface area contributed by atoms with Crippen LogP contribution in [0.1, 0.15) is 18.9 Å². The van der Waals surface area contributed by atoms with Gasteiger partial charge in [0, 0.05) is 11.7 Å². The van der Waals surface area contributed by atoms with Crippen LogP contribution in [-0.4, -0.2) is 31.7 Å². The van der Waals surface area contributed by atoms with Gasteiger partial charge in [-0.15, -0.1) is 0 Å². The number of hydrogen-bond donors (Lipinski definition) is 2. The second kappa shape index (κ2) is 7.33. The molecule has 0 aromatic heterocycles. The summed E-state index contributed by atoms with van der Waals surface area (Å²) in [6.45, 7) is 5.68. The minimum absolute atomic E-state index is 0.0190. The Kier molecular flexibility index (Phi) is 5.72. The van der Waals surface area contributed by atoms with E-state index in [0.29, 0.717) is 23.4 Å². The van der Waals surface area contributed by atoms with Crippen LogP contribution < -0.4 is 10.6 Å². The Balaban J connectivity index is 2.05. The van der Waals surface area contributed by atoms with Crippen molar-refractivity contribution in [2.45, 2.75) is 26.3 Å². The van der Waals surface area contributed by atoms with Crippen molar-refractivity contribution in [3.05, 3.63) is 28.0 Å². The number of benzene rings is 1. The van der Waals surface area contributed by atoms with Crippen molar-refractivity contribution in [2.24, 2.45) is 5.92 Å². The van der Waals surface area contributed by atoms with Crippen LogP contribution in [0, 0.1) is 18.7 Å². The molecule has 2 rings (SSSR count). The van der Waals surface area contributed by atoms with Crippen LogP contribution in [0.4, 0.5) is 10.1 Å². The highest BCUT2D eigenvalue weighted by Crippen LogP contribution is 2.25. The smallest absolute Gasteiger partial charge is 0.231 e. The van der Waals surface area contributed by atoms with Crippen LogP contribution in [0.5, 0.6) is 0 Å². The van der Waals surface area contributed by atoms with Gasteiger partial charge in [0.2, 0.25) is 5.91 Å². The van der Waals surface area contributed by atoms with Gasteiger partial charge in [0.1, 0.15) is 5.82 Å². The van der Waals surface area contributed by atoms with Crippen molar-refractivity contribution in [3.8, 4) is 0 Å². The van der Waals surface area contributed by atoms with Crippen LogP contribution >= 0.6 is 15.9 Å². The Hall–Kier alpha value is -0.980. The van der Waals surface area contributed by atoms with E-state index in [1.54, 1.807) is 6.07 Å². The molecule has 1 aliphatic rings. The Morgan fingerprint density at radius 1 is 1.48 bits per heavy atom. The zero-order valence-electron chi connectivity index (χ0n) is 12.2. The predicted octanol–water partition coefficient (Wildman–Crippen LogP) is 2.85. The lowest BCUT2D eigenvalue weighted by Gasteiger charge is -2.19. The van der Waals surface area contributed by atoms with Crippen molar-refractivity contribution in [1.82, 2.24) is 5.32 Å². The van der Waals surface area contributed by atoms with E-state index in [4.69, 9.17) is 4.74 Å². The first-order valence-corrected chi connectivity index (χ1v) is 7.89. The lowest BCUT2D eigenvalue weighted by atomic mass is 10.0. The summed E-state index contributed by atoms with van der Waals surface area (Å²) < 4.78 is 19.4. The maximum Gasteiger partial charge on any atom is 0.231 e. The Labute approximate surface area is 132 Å². The molecule has 1 heterocycles. The van der Waals surface area contributed by atoms with Crippen molar-refractivity contribution in [2.75, 3.05) is 25.1 Å². The molecule has 0 radical (unpaired) electrons. The number of carbonyl (C=O) groups excluding carboxylic acids is 1. The summed E-state index contributed by atoms with van der Waals surface area (Å²) in [7, 11) is 0. The van der Waals surface area contributed by atoms with Crippen LogP contribution in [0.25, 0.3) is 0 Å². The molecule has 1 aliphatic heterocycles. The van der Waals surface area contributed by atoms with Crippen LogP contribution in [0.15, 0.2) is 16.6 Å². The second-order valence-electron chi connectivity index (χ2n) is 5.28. The maximum atomic E-state index is 13.6. The van der Waals surface area contributed by atoms with Crippen LogP contribution in [-0.2, 0) is 9.53 Å². The van der Waals surface area contributed by atoms with E-state index in [9.17, 15) is 9.18 Å². The van der Waals surface area contributed by atoms with Gasteiger partial charge in [0.15, 0.2) is 0 Å². The average molecular weight is 359 g/mol. The SMILES string of the molecule is CCCNC1COCC1C(=O)Nc1cc(F)c(Br)cc1C. The van der Waals surface area contributed by atoms with Gasteiger partial charge < -0.3 is 15.4 Å². The summed E-state index contributed by atoms with van der Waals surface area (Å²) in [5, 5.41) is 6.12.